The summed E-state index contributed by atoms with van der Waals surface area (Å²) in [6.45, 7) is 5.87. The van der Waals surface area contributed by atoms with Crippen LogP contribution in [0.3, 0.4) is 0 Å². The van der Waals surface area contributed by atoms with Crippen LogP contribution in [-0.2, 0) is 14.6 Å². The molecule has 10 heteroatoms. The first-order valence-electron chi connectivity index (χ1n) is 9.85. The molecule has 0 aliphatic rings. The maximum atomic E-state index is 12.6. The average Bonchev–Trinajstić information content (AvgIpc) is 3.30. The van der Waals surface area contributed by atoms with Gasteiger partial charge in [-0.15, -0.1) is 0 Å². The summed E-state index contributed by atoms with van der Waals surface area (Å²) in [5, 5.41) is 8.32. The van der Waals surface area contributed by atoms with Gasteiger partial charge >= 0.3 is 0 Å². The van der Waals surface area contributed by atoms with Crippen molar-refractivity contribution in [3.8, 4) is 5.13 Å². The Labute approximate surface area is 195 Å². The van der Waals surface area contributed by atoms with Crippen LogP contribution in [-0.4, -0.2) is 34.8 Å². The Morgan fingerprint density at radius 3 is 2.56 bits per heavy atom. The Balaban J connectivity index is 1.53. The van der Waals surface area contributed by atoms with Gasteiger partial charge in [0.2, 0.25) is 11.0 Å². The highest BCUT2D eigenvalue weighted by atomic mass is 35.5. The summed E-state index contributed by atoms with van der Waals surface area (Å²) < 4.78 is 27.6. The molecule has 0 aliphatic carbocycles. The largest absolute Gasteiger partial charge is 0.310 e. The van der Waals surface area contributed by atoms with Gasteiger partial charge in [-0.1, -0.05) is 29.0 Å². The molecule has 2 heterocycles. The molecule has 32 heavy (non-hydrogen) atoms. The van der Waals surface area contributed by atoms with Crippen molar-refractivity contribution in [3.05, 3.63) is 64.3 Å². The van der Waals surface area contributed by atoms with E-state index in [0.29, 0.717) is 21.7 Å². The number of sulfone groups is 1. The van der Waals surface area contributed by atoms with Gasteiger partial charge in [0.15, 0.2) is 9.84 Å². The number of carbonyl (C=O) groups is 1. The van der Waals surface area contributed by atoms with E-state index >= 15 is 0 Å². The molecule has 0 spiro atoms. The quantitative estimate of drug-likeness (QED) is 0.418. The molecule has 1 N–H and O–H groups in total. The molecule has 166 valence electrons. The fourth-order valence-electron chi connectivity index (χ4n) is 3.38. The fraction of sp³-hybridized carbons (Fsp3) is 0.227. The molecule has 4 aromatic rings. The van der Waals surface area contributed by atoms with Crippen molar-refractivity contribution >= 4 is 54.7 Å². The second-order valence-corrected chi connectivity index (χ2v) is 11.1. The number of fused-ring (bicyclic) bond motifs is 1. The lowest BCUT2D eigenvalue weighted by atomic mass is 10.1. The number of amides is 1. The van der Waals surface area contributed by atoms with Gasteiger partial charge in [0.05, 0.1) is 26.6 Å². The first-order chi connectivity index (χ1) is 15.1. The van der Waals surface area contributed by atoms with Crippen molar-refractivity contribution < 1.29 is 13.2 Å². The van der Waals surface area contributed by atoms with E-state index in [1.807, 2.05) is 20.8 Å². The molecule has 0 atom stereocenters. The van der Waals surface area contributed by atoms with E-state index in [9.17, 15) is 13.2 Å². The monoisotopic (exact) mass is 488 g/mol. The van der Waals surface area contributed by atoms with Crippen LogP contribution in [0.5, 0.6) is 0 Å². The van der Waals surface area contributed by atoms with Crippen molar-refractivity contribution in [2.24, 2.45) is 0 Å². The van der Waals surface area contributed by atoms with Crippen molar-refractivity contribution in [2.75, 3.05) is 11.1 Å². The molecule has 0 bridgehead atoms. The van der Waals surface area contributed by atoms with Crippen LogP contribution in [0.25, 0.3) is 15.3 Å². The second kappa shape index (κ2) is 8.65. The topological polar surface area (TPSA) is 93.9 Å². The predicted octanol–water partition coefficient (Wildman–Crippen LogP) is 4.86. The Kier molecular flexibility index (Phi) is 6.07. The van der Waals surface area contributed by atoms with E-state index in [4.69, 9.17) is 16.6 Å². The summed E-state index contributed by atoms with van der Waals surface area (Å²) in [5.74, 6) is -0.283. The minimum atomic E-state index is -3.60. The van der Waals surface area contributed by atoms with E-state index in [1.54, 1.807) is 10.7 Å². The number of aryl methyl sites for hydroxylation is 3. The van der Waals surface area contributed by atoms with Crippen LogP contribution in [0.4, 0.5) is 5.82 Å². The average molecular weight is 489 g/mol. The number of halogens is 1. The molecule has 0 fully saturated rings. The van der Waals surface area contributed by atoms with E-state index < -0.39 is 15.7 Å². The molecule has 0 radical (unpaired) electrons. The zero-order valence-electron chi connectivity index (χ0n) is 17.7. The van der Waals surface area contributed by atoms with Gasteiger partial charge in [-0.2, -0.15) is 9.78 Å². The van der Waals surface area contributed by atoms with Crippen LogP contribution < -0.4 is 5.32 Å². The number of anilines is 1. The lowest BCUT2D eigenvalue weighted by molar-refractivity contribution is -0.115. The lowest BCUT2D eigenvalue weighted by Gasteiger charge is -2.07. The van der Waals surface area contributed by atoms with Crippen LogP contribution in [0.15, 0.2) is 47.4 Å². The first kappa shape index (κ1) is 22.4. The molecule has 0 saturated heterocycles. The lowest BCUT2D eigenvalue weighted by Crippen LogP contribution is -2.19. The summed E-state index contributed by atoms with van der Waals surface area (Å²) in [5.41, 5.74) is 3.83. The molecule has 1 amide bonds. The second-order valence-electron chi connectivity index (χ2n) is 7.58. The fourth-order valence-corrected chi connectivity index (χ4v) is 5.85. The van der Waals surface area contributed by atoms with Crippen LogP contribution in [0, 0.1) is 20.8 Å². The predicted molar refractivity (Wildman–Crippen MR) is 128 cm³/mol. The van der Waals surface area contributed by atoms with Crippen LogP contribution in [0.2, 0.25) is 5.02 Å². The molecule has 2 aromatic heterocycles. The van der Waals surface area contributed by atoms with Gasteiger partial charge in [-0.25, -0.2) is 13.4 Å². The maximum absolute atomic E-state index is 12.6. The van der Waals surface area contributed by atoms with Gasteiger partial charge in [-0.3, -0.25) is 4.79 Å². The standard InChI is InChI=1S/C22H21ClN4O3S2/c1-13-10-14(2)21-18(11-13)31-22(25-21)27-19(12-15(3)26-27)24-20(28)8-9-32(29,30)17-6-4-16(23)5-7-17/h4-7,10-12H,8-9H2,1-3H3,(H,24,28). The van der Waals surface area contributed by atoms with Gasteiger partial charge in [0.25, 0.3) is 0 Å². The first-order valence-corrected chi connectivity index (χ1v) is 12.7. The van der Waals surface area contributed by atoms with E-state index in [1.165, 1.54) is 35.6 Å². The summed E-state index contributed by atoms with van der Waals surface area (Å²) >= 11 is 7.30. The smallest absolute Gasteiger partial charge is 0.226 e. The molecule has 0 aliphatic heterocycles. The highest BCUT2D eigenvalue weighted by Crippen LogP contribution is 2.30. The van der Waals surface area contributed by atoms with Gasteiger partial charge in [0, 0.05) is 17.5 Å². The van der Waals surface area contributed by atoms with Gasteiger partial charge < -0.3 is 5.32 Å². The van der Waals surface area contributed by atoms with E-state index in [0.717, 1.165) is 21.3 Å². The molecule has 0 saturated carbocycles. The number of benzene rings is 2. The molecule has 0 unspecified atom stereocenters. The number of aromatic nitrogens is 3. The highest BCUT2D eigenvalue weighted by Gasteiger charge is 2.19. The molecule has 2 aromatic carbocycles. The summed E-state index contributed by atoms with van der Waals surface area (Å²) in [6.07, 6.45) is -0.187. The summed E-state index contributed by atoms with van der Waals surface area (Å²) in [7, 11) is -3.60. The number of nitrogens with one attached hydrogen (secondary N) is 1. The number of hydrogen-bond donors (Lipinski definition) is 1. The third-order valence-electron chi connectivity index (χ3n) is 4.87. The van der Waals surface area contributed by atoms with Crippen LogP contribution >= 0.6 is 22.9 Å². The maximum Gasteiger partial charge on any atom is 0.226 e. The Morgan fingerprint density at radius 2 is 1.84 bits per heavy atom. The summed E-state index contributed by atoms with van der Waals surface area (Å²) in [6, 6.07) is 11.8. The van der Waals surface area contributed by atoms with Gasteiger partial charge in [0.1, 0.15) is 5.82 Å². The third kappa shape index (κ3) is 4.69. The summed E-state index contributed by atoms with van der Waals surface area (Å²) in [4.78, 5) is 17.4. The minimum absolute atomic E-state index is 0.135. The Bertz CT molecular complexity index is 1420. The molecule has 7 nitrogen and oxygen atoms in total. The van der Waals surface area contributed by atoms with Gasteiger partial charge in [-0.05, 0) is 62.2 Å². The number of hydrogen-bond acceptors (Lipinski definition) is 6. The molecular weight excluding hydrogens is 468 g/mol. The van der Waals surface area contributed by atoms with E-state index in [2.05, 4.69) is 22.5 Å². The molecule has 4 rings (SSSR count). The minimum Gasteiger partial charge on any atom is -0.310 e. The third-order valence-corrected chi connectivity index (χ3v) is 7.83. The zero-order valence-corrected chi connectivity index (χ0v) is 20.1. The number of rotatable bonds is 6. The normalized spacial score (nSPS) is 11.8. The van der Waals surface area contributed by atoms with E-state index in [-0.39, 0.29) is 17.1 Å². The number of carbonyl (C=O) groups excluding carboxylic acids is 1. The Hall–Kier alpha value is -2.75. The highest BCUT2D eigenvalue weighted by molar-refractivity contribution is 7.91. The Morgan fingerprint density at radius 1 is 1.12 bits per heavy atom. The zero-order chi connectivity index (χ0) is 23.0. The van der Waals surface area contributed by atoms with Crippen molar-refractivity contribution in [1.82, 2.24) is 14.8 Å². The van der Waals surface area contributed by atoms with Crippen molar-refractivity contribution in [3.63, 3.8) is 0 Å². The van der Waals surface area contributed by atoms with Crippen molar-refractivity contribution in [2.45, 2.75) is 32.1 Å². The SMILES string of the molecule is Cc1cc(C)c2nc(-n3nc(C)cc3NC(=O)CCS(=O)(=O)c3ccc(Cl)cc3)sc2c1. The molecular formula is C22H21ClN4O3S2. The number of nitrogens with zero attached hydrogens (tertiary/aromatic N) is 3. The number of thiazole rings is 1. The van der Waals surface area contributed by atoms with Crippen LogP contribution in [0.1, 0.15) is 23.2 Å². The van der Waals surface area contributed by atoms with Crippen molar-refractivity contribution in [1.29, 1.82) is 0 Å².